The summed E-state index contributed by atoms with van der Waals surface area (Å²) in [4.78, 5) is 39.0. The van der Waals surface area contributed by atoms with Gasteiger partial charge in [-0.15, -0.1) is 0 Å². The second-order valence-electron chi connectivity index (χ2n) is 9.44. The van der Waals surface area contributed by atoms with Gasteiger partial charge in [0.15, 0.2) is 0 Å². The number of fused-ring (bicyclic) bond motifs is 3. The number of hydrogen-bond donors (Lipinski definition) is 2. The molecule has 7 nitrogen and oxygen atoms in total. The van der Waals surface area contributed by atoms with Crippen molar-refractivity contribution in [3.63, 3.8) is 0 Å². The molecule has 1 saturated carbocycles. The number of carboxylic acid groups (broad SMARTS) is 1. The van der Waals surface area contributed by atoms with Gasteiger partial charge in [0.05, 0.1) is 5.41 Å². The number of carboxylic acids is 1. The van der Waals surface area contributed by atoms with Gasteiger partial charge in [0.2, 0.25) is 5.91 Å². The Morgan fingerprint density at radius 2 is 1.71 bits per heavy atom. The smallest absolute Gasteiger partial charge is 0.407 e. The minimum Gasteiger partial charge on any atom is -0.480 e. The second-order valence-corrected chi connectivity index (χ2v) is 9.44. The fourth-order valence-corrected chi connectivity index (χ4v) is 5.49. The summed E-state index contributed by atoms with van der Waals surface area (Å²) < 4.78 is 5.68. The highest BCUT2D eigenvalue weighted by Crippen LogP contribution is 2.44. The zero-order valence-electron chi connectivity index (χ0n) is 19.9. The average molecular weight is 465 g/mol. The van der Waals surface area contributed by atoms with Crippen LogP contribution in [-0.4, -0.2) is 53.2 Å². The Labute approximate surface area is 200 Å². The first-order valence-electron chi connectivity index (χ1n) is 11.9. The fraction of sp³-hybridized carbons (Fsp3) is 0.444. The first kappa shape index (κ1) is 23.8. The van der Waals surface area contributed by atoms with Crippen molar-refractivity contribution < 1.29 is 24.2 Å². The molecule has 2 aliphatic rings. The number of carbonyl (C=O) groups is 3. The summed E-state index contributed by atoms with van der Waals surface area (Å²) in [5, 5.41) is 12.3. The van der Waals surface area contributed by atoms with Crippen molar-refractivity contribution in [1.82, 2.24) is 10.2 Å². The number of likely N-dealkylation sites (N-methyl/N-ethyl adjacent to an activating group) is 1. The van der Waals surface area contributed by atoms with Crippen molar-refractivity contribution in [3.8, 4) is 11.1 Å². The summed E-state index contributed by atoms with van der Waals surface area (Å²) in [6.45, 7) is 5.58. The van der Waals surface area contributed by atoms with Crippen LogP contribution in [0, 0.1) is 5.41 Å². The summed E-state index contributed by atoms with van der Waals surface area (Å²) in [6, 6.07) is 15.0. The minimum absolute atomic E-state index is 0.0401. The van der Waals surface area contributed by atoms with E-state index in [0.29, 0.717) is 19.4 Å². The summed E-state index contributed by atoms with van der Waals surface area (Å²) in [7, 11) is 0. The van der Waals surface area contributed by atoms with E-state index in [1.54, 1.807) is 6.92 Å². The van der Waals surface area contributed by atoms with Gasteiger partial charge < -0.3 is 20.1 Å². The molecular formula is C27H32N2O5. The number of nitrogens with zero attached hydrogens (tertiary/aromatic N) is 1. The van der Waals surface area contributed by atoms with Crippen LogP contribution in [0.2, 0.25) is 0 Å². The summed E-state index contributed by atoms with van der Waals surface area (Å²) in [5.41, 5.74) is 3.73. The highest BCUT2D eigenvalue weighted by atomic mass is 16.5. The van der Waals surface area contributed by atoms with Crippen LogP contribution in [-0.2, 0) is 14.3 Å². The number of benzene rings is 2. The first-order valence-corrected chi connectivity index (χ1v) is 11.9. The van der Waals surface area contributed by atoms with Gasteiger partial charge in [0, 0.05) is 18.5 Å². The summed E-state index contributed by atoms with van der Waals surface area (Å²) >= 11 is 0. The number of rotatable bonds is 7. The first-order chi connectivity index (χ1) is 16.3. The Balaban J connectivity index is 1.44. The molecule has 7 heteroatoms. The Kier molecular flexibility index (Phi) is 6.64. The van der Waals surface area contributed by atoms with Crippen LogP contribution < -0.4 is 5.32 Å². The molecular weight excluding hydrogens is 432 g/mol. The van der Waals surface area contributed by atoms with Crippen LogP contribution in [0.15, 0.2) is 48.5 Å². The topological polar surface area (TPSA) is 95.9 Å². The monoisotopic (exact) mass is 464 g/mol. The number of aliphatic carboxylic acids is 1. The van der Waals surface area contributed by atoms with E-state index in [2.05, 4.69) is 29.6 Å². The highest BCUT2D eigenvalue weighted by Gasteiger charge is 2.49. The van der Waals surface area contributed by atoms with Gasteiger partial charge in [0.1, 0.15) is 12.6 Å². The Hall–Kier alpha value is -3.35. The van der Waals surface area contributed by atoms with Gasteiger partial charge in [0.25, 0.3) is 0 Å². The highest BCUT2D eigenvalue weighted by molar-refractivity contribution is 5.88. The Bertz CT molecular complexity index is 1050. The molecule has 0 heterocycles. The largest absolute Gasteiger partial charge is 0.480 e. The number of nitrogens with one attached hydrogen (secondary N) is 1. The molecule has 0 aliphatic heterocycles. The van der Waals surface area contributed by atoms with Crippen molar-refractivity contribution in [3.05, 3.63) is 59.7 Å². The molecule has 4 rings (SSSR count). The normalized spacial score (nSPS) is 21.9. The molecule has 2 N–H and O–H groups in total. The molecule has 3 atom stereocenters. The molecule has 180 valence electrons. The molecule has 1 fully saturated rings. The lowest BCUT2D eigenvalue weighted by molar-refractivity contribution is -0.154. The van der Waals surface area contributed by atoms with E-state index in [0.717, 1.165) is 28.7 Å². The standard InChI is InChI=1S/C27H32N2O5/c1-4-29(17(2)24(30)31)25(32)27(3)15-9-14-23(27)28-26(33)34-16-22-20-12-7-5-10-18(20)19-11-6-8-13-21(19)22/h5-8,10-13,17,22-23H,4,9,14-16H2,1-3H3,(H,28,33)(H,30,31). The van der Waals surface area contributed by atoms with E-state index in [1.165, 1.54) is 11.8 Å². The minimum atomic E-state index is -1.04. The SMILES string of the molecule is CCN(C(=O)C1(C)CCCC1NC(=O)OCC1c2ccccc2-c2ccccc21)C(C)C(=O)O. The third-order valence-electron chi connectivity index (χ3n) is 7.51. The van der Waals surface area contributed by atoms with Crippen LogP contribution in [0.4, 0.5) is 4.79 Å². The Morgan fingerprint density at radius 1 is 1.12 bits per heavy atom. The van der Waals surface area contributed by atoms with E-state index in [1.807, 2.05) is 31.2 Å². The van der Waals surface area contributed by atoms with E-state index < -0.39 is 29.6 Å². The molecule has 2 amide bonds. The molecule has 0 radical (unpaired) electrons. The van der Waals surface area contributed by atoms with Crippen LogP contribution in [0.3, 0.4) is 0 Å². The third-order valence-corrected chi connectivity index (χ3v) is 7.51. The Morgan fingerprint density at radius 3 is 2.26 bits per heavy atom. The van der Waals surface area contributed by atoms with Gasteiger partial charge in [-0.05, 0) is 55.9 Å². The van der Waals surface area contributed by atoms with Crippen molar-refractivity contribution in [2.45, 2.75) is 58.0 Å². The summed E-state index contributed by atoms with van der Waals surface area (Å²) in [6.07, 6.45) is 1.45. The predicted molar refractivity (Wildman–Crippen MR) is 128 cm³/mol. The van der Waals surface area contributed by atoms with Crippen LogP contribution in [0.25, 0.3) is 11.1 Å². The molecule has 0 bridgehead atoms. The van der Waals surface area contributed by atoms with E-state index in [9.17, 15) is 19.5 Å². The third kappa shape index (κ3) is 4.15. The molecule has 34 heavy (non-hydrogen) atoms. The molecule has 2 aromatic carbocycles. The number of alkyl carbamates (subject to hydrolysis) is 1. The quantitative estimate of drug-likeness (QED) is 0.633. The lowest BCUT2D eigenvalue weighted by Gasteiger charge is -2.37. The number of amides is 2. The fourth-order valence-electron chi connectivity index (χ4n) is 5.49. The maximum absolute atomic E-state index is 13.3. The zero-order chi connectivity index (χ0) is 24.5. The maximum Gasteiger partial charge on any atom is 0.407 e. The van der Waals surface area contributed by atoms with Crippen molar-refractivity contribution in [2.24, 2.45) is 5.41 Å². The number of ether oxygens (including phenoxy) is 1. The molecule has 2 aliphatic carbocycles. The predicted octanol–water partition coefficient (Wildman–Crippen LogP) is 4.41. The average Bonchev–Trinajstić information content (AvgIpc) is 3.36. The van der Waals surface area contributed by atoms with Gasteiger partial charge in [-0.25, -0.2) is 9.59 Å². The van der Waals surface area contributed by atoms with Crippen LogP contribution in [0.1, 0.15) is 57.1 Å². The van der Waals surface area contributed by atoms with Gasteiger partial charge in [-0.1, -0.05) is 55.0 Å². The summed E-state index contributed by atoms with van der Waals surface area (Å²) in [5.74, 6) is -1.33. The second kappa shape index (κ2) is 9.49. The number of hydrogen-bond acceptors (Lipinski definition) is 4. The van der Waals surface area contributed by atoms with Crippen LogP contribution in [0.5, 0.6) is 0 Å². The van der Waals surface area contributed by atoms with Crippen molar-refractivity contribution in [1.29, 1.82) is 0 Å². The number of carbonyl (C=O) groups excluding carboxylic acids is 2. The molecule has 0 aromatic heterocycles. The lowest BCUT2D eigenvalue weighted by atomic mass is 9.82. The lowest BCUT2D eigenvalue weighted by Crippen LogP contribution is -2.55. The van der Waals surface area contributed by atoms with E-state index in [-0.39, 0.29) is 18.4 Å². The molecule has 0 saturated heterocycles. The van der Waals surface area contributed by atoms with Crippen LogP contribution >= 0.6 is 0 Å². The van der Waals surface area contributed by atoms with E-state index in [4.69, 9.17) is 4.74 Å². The van der Waals surface area contributed by atoms with Crippen molar-refractivity contribution in [2.75, 3.05) is 13.2 Å². The van der Waals surface area contributed by atoms with Gasteiger partial charge in [-0.3, -0.25) is 4.79 Å². The molecule has 3 unspecified atom stereocenters. The van der Waals surface area contributed by atoms with Gasteiger partial charge >= 0.3 is 12.1 Å². The molecule has 0 spiro atoms. The molecule has 2 aromatic rings. The van der Waals surface area contributed by atoms with E-state index >= 15 is 0 Å². The van der Waals surface area contributed by atoms with Gasteiger partial charge in [-0.2, -0.15) is 0 Å². The zero-order valence-corrected chi connectivity index (χ0v) is 19.9. The van der Waals surface area contributed by atoms with Crippen molar-refractivity contribution >= 4 is 18.0 Å². The maximum atomic E-state index is 13.3.